The maximum Gasteiger partial charge on any atom is 0.289 e. The number of aromatic hydroxyl groups is 1. The van der Waals surface area contributed by atoms with Crippen molar-refractivity contribution in [3.05, 3.63) is 53.7 Å². The predicted molar refractivity (Wildman–Crippen MR) is 122 cm³/mol. The first kappa shape index (κ1) is 22.4. The highest BCUT2D eigenvalue weighted by Gasteiger charge is 2.25. The normalized spacial score (nSPS) is 16.1. The van der Waals surface area contributed by atoms with Crippen molar-refractivity contribution in [2.75, 3.05) is 31.1 Å². The Labute approximate surface area is 190 Å². The van der Waals surface area contributed by atoms with Crippen LogP contribution in [0.15, 0.2) is 46.1 Å². The van der Waals surface area contributed by atoms with Crippen molar-refractivity contribution in [1.82, 2.24) is 19.9 Å². The third-order valence-electron chi connectivity index (χ3n) is 5.02. The average molecular weight is 463 g/mol. The Kier molecular flexibility index (Phi) is 6.67. The van der Waals surface area contributed by atoms with Crippen LogP contribution in [0.1, 0.15) is 21.8 Å². The van der Waals surface area contributed by atoms with Crippen LogP contribution in [-0.4, -0.2) is 63.3 Å². The first-order valence-corrected chi connectivity index (χ1v) is 9.27. The molecule has 31 heavy (non-hydrogen) atoms. The summed E-state index contributed by atoms with van der Waals surface area (Å²) < 4.78 is 5.19. The molecule has 2 N–H and O–H groups in total. The zero-order valence-corrected chi connectivity index (χ0v) is 17.9. The summed E-state index contributed by atoms with van der Waals surface area (Å²) >= 11 is 0. The molecule has 2 aliphatic heterocycles. The molecule has 0 bridgehead atoms. The highest BCUT2D eigenvalue weighted by Crippen LogP contribution is 2.32. The molecule has 1 saturated heterocycles. The van der Waals surface area contributed by atoms with Crippen LogP contribution < -0.4 is 4.90 Å². The smallest absolute Gasteiger partial charge is 0.289 e. The van der Waals surface area contributed by atoms with E-state index in [1.165, 1.54) is 6.26 Å². The van der Waals surface area contributed by atoms with E-state index in [9.17, 15) is 9.90 Å². The minimum absolute atomic E-state index is 0. The van der Waals surface area contributed by atoms with Crippen molar-refractivity contribution in [3.8, 4) is 5.88 Å². The number of furan rings is 1. The van der Waals surface area contributed by atoms with Gasteiger partial charge in [-0.2, -0.15) is 4.98 Å². The number of halogens is 2. The molecular formula is C20H20Cl2N6O3. The number of aliphatic imine (C=N–C) groups is 1. The number of piperazine rings is 1. The number of aromatic nitrogens is 3. The van der Waals surface area contributed by atoms with Gasteiger partial charge in [0.2, 0.25) is 11.8 Å². The number of aromatic amines is 1. The van der Waals surface area contributed by atoms with Crippen LogP contribution in [0.4, 0.5) is 11.8 Å². The average Bonchev–Trinajstić information content (AvgIpc) is 3.49. The summed E-state index contributed by atoms with van der Waals surface area (Å²) in [6, 6.07) is 7.15. The predicted octanol–water partition coefficient (Wildman–Crippen LogP) is 3.17. The molecule has 0 aromatic carbocycles. The second-order valence-corrected chi connectivity index (χ2v) is 6.79. The molecule has 3 aromatic rings. The van der Waals surface area contributed by atoms with Gasteiger partial charge < -0.3 is 24.3 Å². The lowest BCUT2D eigenvalue weighted by atomic mass is 10.1. The van der Waals surface area contributed by atoms with Crippen molar-refractivity contribution >= 4 is 60.4 Å². The molecule has 2 aliphatic rings. The zero-order chi connectivity index (χ0) is 19.8. The van der Waals surface area contributed by atoms with Crippen molar-refractivity contribution in [2.24, 2.45) is 4.99 Å². The molecule has 1 amide bonds. The lowest BCUT2D eigenvalue weighted by Crippen LogP contribution is -2.49. The van der Waals surface area contributed by atoms with Gasteiger partial charge in [0.05, 0.1) is 6.26 Å². The molecule has 162 valence electrons. The molecule has 5 rings (SSSR count). The number of amides is 1. The van der Waals surface area contributed by atoms with Crippen LogP contribution >= 0.6 is 24.8 Å². The molecule has 9 nitrogen and oxygen atoms in total. The first-order valence-electron chi connectivity index (χ1n) is 9.27. The molecule has 5 heterocycles. The molecule has 1 fully saturated rings. The van der Waals surface area contributed by atoms with Gasteiger partial charge in [0.25, 0.3) is 5.91 Å². The van der Waals surface area contributed by atoms with E-state index in [0.29, 0.717) is 49.4 Å². The van der Waals surface area contributed by atoms with Gasteiger partial charge in [0, 0.05) is 49.7 Å². The highest BCUT2D eigenvalue weighted by atomic mass is 35.5. The highest BCUT2D eigenvalue weighted by molar-refractivity contribution is 6.20. The number of nitrogens with one attached hydrogen (secondary N) is 1. The number of allylic oxidation sites excluding steroid dienone is 1. The SMILES string of the molecule is Cl.Cl.O=C(c1ccco1)N1CCN(c2nc(O)c(C=C3C=Nc4ncccc43)[nH]2)CC1. The number of H-pyrrole nitrogens is 1. The number of imidazole rings is 1. The Morgan fingerprint density at radius 2 is 1.97 bits per heavy atom. The van der Waals surface area contributed by atoms with Gasteiger partial charge in [-0.15, -0.1) is 24.8 Å². The number of hydrogen-bond acceptors (Lipinski definition) is 7. The standard InChI is InChI=1S/C20H18N6O3.2ClH/c27-18-15(11-13-12-22-17-14(13)3-1-5-21-17)23-20(24-18)26-8-6-25(7-9-26)19(28)16-4-2-10-29-16;;/h1-5,10-12,27H,6-9H2,(H,23,24);2*1H. The van der Waals surface area contributed by atoms with E-state index in [1.54, 1.807) is 35.5 Å². The molecule has 3 aromatic heterocycles. The first-order chi connectivity index (χ1) is 14.2. The third-order valence-corrected chi connectivity index (χ3v) is 5.02. The fraction of sp³-hybridized carbons (Fsp3) is 0.200. The van der Waals surface area contributed by atoms with E-state index in [0.717, 1.165) is 11.1 Å². The molecule has 0 radical (unpaired) electrons. The van der Waals surface area contributed by atoms with Gasteiger partial charge >= 0.3 is 0 Å². The number of carbonyl (C=O) groups is 1. The lowest BCUT2D eigenvalue weighted by molar-refractivity contribution is 0.0714. The maximum absolute atomic E-state index is 12.4. The Morgan fingerprint density at radius 1 is 1.16 bits per heavy atom. The van der Waals surface area contributed by atoms with Gasteiger partial charge in [-0.1, -0.05) is 0 Å². The Morgan fingerprint density at radius 3 is 2.71 bits per heavy atom. The van der Waals surface area contributed by atoms with Gasteiger partial charge in [-0.05, 0) is 30.3 Å². The summed E-state index contributed by atoms with van der Waals surface area (Å²) in [5.74, 6) is 1.38. The van der Waals surface area contributed by atoms with E-state index in [2.05, 4.69) is 19.9 Å². The minimum Gasteiger partial charge on any atom is -0.492 e. The van der Waals surface area contributed by atoms with Crippen LogP contribution in [0.2, 0.25) is 0 Å². The number of nitrogens with zero attached hydrogens (tertiary/aromatic N) is 5. The van der Waals surface area contributed by atoms with E-state index in [1.807, 2.05) is 17.0 Å². The van der Waals surface area contributed by atoms with Crippen molar-refractivity contribution in [2.45, 2.75) is 0 Å². The molecule has 0 saturated carbocycles. The second-order valence-electron chi connectivity index (χ2n) is 6.79. The van der Waals surface area contributed by atoms with Crippen LogP contribution in [-0.2, 0) is 0 Å². The number of hydrogen-bond donors (Lipinski definition) is 2. The Hall–Kier alpha value is -3.30. The fourth-order valence-electron chi connectivity index (χ4n) is 3.49. The third kappa shape index (κ3) is 4.28. The van der Waals surface area contributed by atoms with Crippen molar-refractivity contribution in [3.63, 3.8) is 0 Å². The van der Waals surface area contributed by atoms with Gasteiger partial charge in [-0.3, -0.25) is 4.79 Å². The lowest BCUT2D eigenvalue weighted by Gasteiger charge is -2.34. The van der Waals surface area contributed by atoms with E-state index in [-0.39, 0.29) is 36.6 Å². The second kappa shape index (κ2) is 9.23. The topological polar surface area (TPSA) is 111 Å². The maximum atomic E-state index is 12.4. The summed E-state index contributed by atoms with van der Waals surface area (Å²) in [6.07, 6.45) is 6.71. The van der Waals surface area contributed by atoms with Gasteiger partial charge in [0.1, 0.15) is 5.69 Å². The fourth-order valence-corrected chi connectivity index (χ4v) is 3.49. The van der Waals surface area contributed by atoms with E-state index >= 15 is 0 Å². The Balaban J connectivity index is 0.00000136. The van der Waals surface area contributed by atoms with E-state index < -0.39 is 0 Å². The minimum atomic E-state index is -0.116. The van der Waals surface area contributed by atoms with Crippen LogP contribution in [0, 0.1) is 0 Å². The Bertz CT molecular complexity index is 1120. The van der Waals surface area contributed by atoms with Gasteiger partial charge in [0.15, 0.2) is 11.6 Å². The molecular weight excluding hydrogens is 443 g/mol. The molecule has 0 atom stereocenters. The van der Waals surface area contributed by atoms with Crippen LogP contribution in [0.25, 0.3) is 11.6 Å². The molecule has 11 heteroatoms. The summed E-state index contributed by atoms with van der Waals surface area (Å²) in [6.45, 7) is 2.29. The summed E-state index contributed by atoms with van der Waals surface area (Å²) in [5.41, 5.74) is 2.27. The molecule has 0 spiro atoms. The molecule has 0 aliphatic carbocycles. The number of anilines is 1. The summed E-state index contributed by atoms with van der Waals surface area (Å²) in [5, 5.41) is 10.3. The summed E-state index contributed by atoms with van der Waals surface area (Å²) in [7, 11) is 0. The van der Waals surface area contributed by atoms with Crippen LogP contribution in [0.5, 0.6) is 5.88 Å². The van der Waals surface area contributed by atoms with Crippen molar-refractivity contribution in [1.29, 1.82) is 0 Å². The quantitative estimate of drug-likeness (QED) is 0.618. The molecule has 0 unspecified atom stereocenters. The number of fused-ring (bicyclic) bond motifs is 1. The van der Waals surface area contributed by atoms with Gasteiger partial charge in [-0.25, -0.2) is 9.98 Å². The van der Waals surface area contributed by atoms with Crippen molar-refractivity contribution < 1.29 is 14.3 Å². The summed E-state index contributed by atoms with van der Waals surface area (Å²) in [4.78, 5) is 32.0. The number of carbonyl (C=O) groups excluding carboxylic acids is 1. The van der Waals surface area contributed by atoms with E-state index in [4.69, 9.17) is 4.42 Å². The largest absolute Gasteiger partial charge is 0.492 e. The monoisotopic (exact) mass is 462 g/mol. The number of rotatable bonds is 3. The van der Waals surface area contributed by atoms with Crippen LogP contribution in [0.3, 0.4) is 0 Å². The zero-order valence-electron chi connectivity index (χ0n) is 16.3. The number of pyridine rings is 1.